The van der Waals surface area contributed by atoms with Gasteiger partial charge in [-0.05, 0) is 57.5 Å². The van der Waals surface area contributed by atoms with Gasteiger partial charge in [-0.15, -0.1) is 23.4 Å². The molecule has 0 bridgehead atoms. The van der Waals surface area contributed by atoms with Crippen LogP contribution in [0.3, 0.4) is 0 Å². The second-order valence-corrected chi connectivity index (χ2v) is 14.2. The lowest BCUT2D eigenvalue weighted by Gasteiger charge is -2.17. The minimum Gasteiger partial charge on any atom is -0.404 e. The van der Waals surface area contributed by atoms with Crippen LogP contribution in [0.15, 0.2) is 47.4 Å². The fourth-order valence-electron chi connectivity index (χ4n) is 2.92. The summed E-state index contributed by atoms with van der Waals surface area (Å²) in [6.07, 6.45) is -5.02. The van der Waals surface area contributed by atoms with Crippen molar-refractivity contribution in [2.75, 3.05) is 24.0 Å². The number of hydrogen-bond donors (Lipinski definition) is 2. The van der Waals surface area contributed by atoms with Crippen molar-refractivity contribution in [1.29, 1.82) is 0 Å². The van der Waals surface area contributed by atoms with E-state index in [1.807, 2.05) is 0 Å². The van der Waals surface area contributed by atoms with Gasteiger partial charge in [0.1, 0.15) is 7.14 Å². The molecule has 0 aliphatic rings. The maximum absolute atomic E-state index is 13.0. The van der Waals surface area contributed by atoms with Crippen molar-refractivity contribution >= 4 is 57.0 Å². The van der Waals surface area contributed by atoms with Crippen LogP contribution in [-0.4, -0.2) is 48.5 Å². The van der Waals surface area contributed by atoms with Gasteiger partial charge in [0, 0.05) is 5.30 Å². The highest BCUT2D eigenvalue weighted by atomic mass is 35.5. The summed E-state index contributed by atoms with van der Waals surface area (Å²) in [5, 5.41) is 12.1. The minimum atomic E-state index is -5.02. The van der Waals surface area contributed by atoms with Gasteiger partial charge in [0.25, 0.3) is 0 Å². The molecule has 0 unspecified atom stereocenters. The fourth-order valence-corrected chi connectivity index (χ4v) is 5.11. The molecule has 0 atom stereocenters. The summed E-state index contributed by atoms with van der Waals surface area (Å²) < 4.78 is 80.9. The van der Waals surface area contributed by atoms with Crippen LogP contribution in [0.5, 0.6) is 5.75 Å². The molecule has 36 heavy (non-hydrogen) atoms. The Hall–Kier alpha value is -2.89. The van der Waals surface area contributed by atoms with Gasteiger partial charge >= 0.3 is 6.36 Å². The molecular formula is C21H22ClF3N5O4PS. The molecule has 1 aromatic heterocycles. The number of alkyl halides is 3. The van der Waals surface area contributed by atoms with Gasteiger partial charge in [-0.2, -0.15) is 4.98 Å². The maximum atomic E-state index is 13.0. The Morgan fingerprint density at radius 1 is 1.03 bits per heavy atom. The van der Waals surface area contributed by atoms with Gasteiger partial charge in [-0.3, -0.25) is 0 Å². The first-order valence-electron chi connectivity index (χ1n) is 10.3. The van der Waals surface area contributed by atoms with E-state index in [0.717, 1.165) is 6.07 Å². The van der Waals surface area contributed by atoms with Crippen molar-refractivity contribution in [3.63, 3.8) is 0 Å². The summed E-state index contributed by atoms with van der Waals surface area (Å²) in [6, 6.07) is 9.74. The first kappa shape index (κ1) is 27.7. The van der Waals surface area contributed by atoms with Gasteiger partial charge in [-0.1, -0.05) is 23.7 Å². The molecule has 0 fully saturated rings. The predicted molar refractivity (Wildman–Crippen MR) is 132 cm³/mol. The van der Waals surface area contributed by atoms with E-state index in [-0.39, 0.29) is 38.5 Å². The minimum absolute atomic E-state index is 0.00389. The number of sulfone groups is 1. The summed E-state index contributed by atoms with van der Waals surface area (Å²) in [5.41, 5.74) is -0.00553. The number of nitrogens with zero attached hydrogens (tertiary/aromatic N) is 3. The molecule has 0 radical (unpaired) electrons. The summed E-state index contributed by atoms with van der Waals surface area (Å²) in [5.74, 6) is -1.01. The summed E-state index contributed by atoms with van der Waals surface area (Å²) in [6.45, 7) is 5.90. The molecule has 194 valence electrons. The van der Waals surface area contributed by atoms with E-state index in [0.29, 0.717) is 0 Å². The Morgan fingerprint density at radius 3 is 2.31 bits per heavy atom. The second-order valence-electron chi connectivity index (χ2n) is 8.19. The van der Waals surface area contributed by atoms with Crippen LogP contribution in [0.4, 0.5) is 36.3 Å². The third-order valence-corrected chi connectivity index (χ3v) is 8.76. The lowest BCUT2D eigenvalue weighted by Crippen LogP contribution is -2.19. The Balaban J connectivity index is 1.99. The first-order chi connectivity index (χ1) is 16.6. The molecule has 2 aromatic carbocycles. The molecule has 3 rings (SSSR count). The van der Waals surface area contributed by atoms with E-state index in [1.54, 1.807) is 12.1 Å². The van der Waals surface area contributed by atoms with Crippen molar-refractivity contribution in [3.8, 4) is 5.75 Å². The number of anilines is 4. The third kappa shape index (κ3) is 6.65. The zero-order valence-corrected chi connectivity index (χ0v) is 21.9. The van der Waals surface area contributed by atoms with Crippen molar-refractivity contribution in [1.82, 2.24) is 15.2 Å². The average Bonchev–Trinajstić information content (AvgIpc) is 2.75. The lowest BCUT2D eigenvalue weighted by atomic mass is 10.3. The van der Waals surface area contributed by atoms with Crippen LogP contribution >= 0.6 is 18.7 Å². The first-order valence-corrected chi connectivity index (χ1v) is 14.8. The van der Waals surface area contributed by atoms with Crippen LogP contribution in [0.1, 0.15) is 13.8 Å². The van der Waals surface area contributed by atoms with Gasteiger partial charge in [0.2, 0.25) is 5.95 Å². The summed E-state index contributed by atoms with van der Waals surface area (Å²) in [4.78, 5) is 4.13. The Bertz CT molecular complexity index is 1430. The molecule has 0 spiro atoms. The highest BCUT2D eigenvalue weighted by Crippen LogP contribution is 2.39. The number of benzene rings is 2. The molecule has 2 N–H and O–H groups in total. The third-order valence-electron chi connectivity index (χ3n) is 4.77. The molecule has 0 saturated carbocycles. The average molecular weight is 564 g/mol. The number of para-hydroxylation sites is 1. The van der Waals surface area contributed by atoms with Gasteiger partial charge in [0.05, 0.1) is 21.5 Å². The van der Waals surface area contributed by atoms with E-state index in [2.05, 4.69) is 30.6 Å². The highest BCUT2D eigenvalue weighted by Gasteiger charge is 2.33. The summed E-state index contributed by atoms with van der Waals surface area (Å²) >= 11 is 6.09. The highest BCUT2D eigenvalue weighted by molar-refractivity contribution is 7.92. The van der Waals surface area contributed by atoms with Crippen LogP contribution in [0, 0.1) is 0 Å². The number of ether oxygens (including phenoxy) is 1. The normalized spacial score (nSPS) is 12.5. The van der Waals surface area contributed by atoms with E-state index in [4.69, 9.17) is 11.6 Å². The van der Waals surface area contributed by atoms with E-state index in [1.165, 1.54) is 51.4 Å². The second kappa shape index (κ2) is 10.2. The van der Waals surface area contributed by atoms with E-state index in [9.17, 15) is 26.2 Å². The number of rotatable bonds is 8. The Labute approximate surface area is 210 Å². The molecule has 0 saturated heterocycles. The topological polar surface area (TPSA) is 123 Å². The molecule has 0 aliphatic carbocycles. The molecule has 0 amide bonds. The quantitative estimate of drug-likeness (QED) is 0.349. The molecule has 15 heteroatoms. The zero-order chi connectivity index (χ0) is 26.9. The smallest absolute Gasteiger partial charge is 0.404 e. The van der Waals surface area contributed by atoms with Crippen LogP contribution in [0.25, 0.3) is 0 Å². The van der Waals surface area contributed by atoms with Crippen molar-refractivity contribution in [2.24, 2.45) is 0 Å². The lowest BCUT2D eigenvalue weighted by molar-refractivity contribution is -0.274. The zero-order valence-electron chi connectivity index (χ0n) is 19.5. The van der Waals surface area contributed by atoms with Crippen molar-refractivity contribution in [3.05, 3.63) is 47.6 Å². The molecule has 3 aromatic rings. The standard InChI is InChI=1S/C21H22ClF3N5O4PS/c1-12(2)36(32,33)17-8-6-5-7-15(17)26-19-18(22)29-30-20(28-19)27-14-10-9-13(35(3,4)31)11-16(14)34-21(23,24)25/h5-12H,1-4H3,(H2,26,27,28,30). The Kier molecular flexibility index (Phi) is 7.87. The fraction of sp³-hybridized carbons (Fsp3) is 0.286. The van der Waals surface area contributed by atoms with Crippen molar-refractivity contribution in [2.45, 2.75) is 30.4 Å². The van der Waals surface area contributed by atoms with E-state index >= 15 is 0 Å². The van der Waals surface area contributed by atoms with E-state index < -0.39 is 34.3 Å². The van der Waals surface area contributed by atoms with Crippen LogP contribution in [0.2, 0.25) is 5.15 Å². The number of hydrogen-bond acceptors (Lipinski definition) is 9. The molecule has 1 heterocycles. The largest absolute Gasteiger partial charge is 0.573 e. The molecule has 0 aliphatic heterocycles. The van der Waals surface area contributed by atoms with Gasteiger partial charge < -0.3 is 19.9 Å². The van der Waals surface area contributed by atoms with Crippen molar-refractivity contribution < 1.29 is 30.9 Å². The van der Waals surface area contributed by atoms with Crippen LogP contribution < -0.4 is 20.7 Å². The summed E-state index contributed by atoms with van der Waals surface area (Å²) in [7, 11) is -6.56. The van der Waals surface area contributed by atoms with Crippen LogP contribution in [-0.2, 0) is 14.4 Å². The predicted octanol–water partition coefficient (Wildman–Crippen LogP) is 5.34. The number of nitrogens with one attached hydrogen (secondary N) is 2. The Morgan fingerprint density at radius 2 is 1.69 bits per heavy atom. The molecular weight excluding hydrogens is 542 g/mol. The van der Waals surface area contributed by atoms with Gasteiger partial charge in [0.15, 0.2) is 26.6 Å². The number of aromatic nitrogens is 3. The number of halogens is 4. The van der Waals surface area contributed by atoms with Gasteiger partial charge in [-0.25, -0.2) is 8.42 Å². The SMILES string of the molecule is CC(C)S(=O)(=O)c1ccccc1Nc1nc(Nc2ccc(P(C)(C)=O)cc2OC(F)(F)F)nnc1Cl. The molecule has 9 nitrogen and oxygen atoms in total. The monoisotopic (exact) mass is 563 g/mol. The maximum Gasteiger partial charge on any atom is 0.573 e.